The molecule has 2 aromatic heterocycles. The van der Waals surface area contributed by atoms with Crippen molar-refractivity contribution in [2.24, 2.45) is 0 Å². The second kappa shape index (κ2) is 4.77. The molecule has 0 unspecified atom stereocenters. The number of pyridine rings is 1. The number of benzene rings is 1. The molecular formula is C16H9N3O4. The Kier molecular flexibility index (Phi) is 2.74. The highest BCUT2D eigenvalue weighted by molar-refractivity contribution is 6.21. The number of hydrogen-bond donors (Lipinski definition) is 0. The van der Waals surface area contributed by atoms with Gasteiger partial charge in [-0.05, 0) is 24.3 Å². The van der Waals surface area contributed by atoms with Gasteiger partial charge in [0.25, 0.3) is 11.8 Å². The van der Waals surface area contributed by atoms with Crippen molar-refractivity contribution in [3.05, 3.63) is 71.7 Å². The van der Waals surface area contributed by atoms with E-state index < -0.39 is 17.8 Å². The van der Waals surface area contributed by atoms with E-state index in [9.17, 15) is 14.4 Å². The summed E-state index contributed by atoms with van der Waals surface area (Å²) in [5.74, 6) is -2.10. The van der Waals surface area contributed by atoms with Gasteiger partial charge in [-0.2, -0.15) is 0 Å². The molecule has 7 heteroatoms. The molecule has 0 fully saturated rings. The standard InChI is InChI=1S/C16H9N3O4/c20-14-11-3-1-2-4-12(11)15(21)19(14)23-16(22)10-5-7-18-8-6-17-13(18)9-10/h1-9H. The van der Waals surface area contributed by atoms with Crippen LogP contribution < -0.4 is 0 Å². The van der Waals surface area contributed by atoms with E-state index in [-0.39, 0.29) is 16.7 Å². The maximum atomic E-state index is 12.2. The highest BCUT2D eigenvalue weighted by Gasteiger charge is 2.38. The third kappa shape index (κ3) is 1.98. The lowest BCUT2D eigenvalue weighted by molar-refractivity contribution is -0.0584. The molecule has 4 rings (SSSR count). The number of fused-ring (bicyclic) bond motifs is 2. The van der Waals surface area contributed by atoms with Crippen molar-refractivity contribution in [3.63, 3.8) is 0 Å². The highest BCUT2D eigenvalue weighted by atomic mass is 16.7. The van der Waals surface area contributed by atoms with Crippen LogP contribution in [0.5, 0.6) is 0 Å². The second-order valence-electron chi connectivity index (χ2n) is 4.94. The molecular weight excluding hydrogens is 298 g/mol. The SMILES string of the molecule is O=C(ON1C(=O)c2ccccc2C1=O)c1ccn2ccnc2c1. The zero-order valence-electron chi connectivity index (χ0n) is 11.7. The van der Waals surface area contributed by atoms with Crippen molar-refractivity contribution in [3.8, 4) is 0 Å². The van der Waals surface area contributed by atoms with Gasteiger partial charge >= 0.3 is 5.97 Å². The number of rotatable bonds is 2. The number of amides is 2. The summed E-state index contributed by atoms with van der Waals surface area (Å²) in [5, 5.41) is 0.489. The minimum atomic E-state index is -0.801. The van der Waals surface area contributed by atoms with Crippen molar-refractivity contribution in [2.45, 2.75) is 0 Å². The lowest BCUT2D eigenvalue weighted by Gasteiger charge is -2.12. The number of hydrogen-bond acceptors (Lipinski definition) is 5. The van der Waals surface area contributed by atoms with E-state index in [1.807, 2.05) is 0 Å². The van der Waals surface area contributed by atoms with E-state index in [4.69, 9.17) is 4.84 Å². The van der Waals surface area contributed by atoms with E-state index in [0.29, 0.717) is 10.7 Å². The Hall–Kier alpha value is -3.48. The van der Waals surface area contributed by atoms with E-state index >= 15 is 0 Å². The van der Waals surface area contributed by atoms with Crippen molar-refractivity contribution in [1.29, 1.82) is 0 Å². The molecule has 2 amide bonds. The molecule has 0 N–H and O–H groups in total. The zero-order chi connectivity index (χ0) is 16.0. The van der Waals surface area contributed by atoms with Crippen LogP contribution in [0, 0.1) is 0 Å². The van der Waals surface area contributed by atoms with Crippen molar-refractivity contribution < 1.29 is 19.2 Å². The molecule has 112 valence electrons. The summed E-state index contributed by atoms with van der Waals surface area (Å²) in [5.41, 5.74) is 1.19. The van der Waals surface area contributed by atoms with Crippen molar-refractivity contribution >= 4 is 23.4 Å². The molecule has 0 radical (unpaired) electrons. The van der Waals surface area contributed by atoms with Gasteiger partial charge in [0.2, 0.25) is 0 Å². The normalized spacial score (nSPS) is 13.5. The zero-order valence-corrected chi connectivity index (χ0v) is 11.7. The molecule has 23 heavy (non-hydrogen) atoms. The average molecular weight is 307 g/mol. The minimum absolute atomic E-state index is 0.195. The predicted octanol–water partition coefficient (Wildman–Crippen LogP) is 1.70. The fourth-order valence-electron chi connectivity index (χ4n) is 2.42. The Morgan fingerprint density at radius 2 is 1.70 bits per heavy atom. The van der Waals surface area contributed by atoms with Crippen LogP contribution in [0.25, 0.3) is 5.65 Å². The number of carbonyl (C=O) groups excluding carboxylic acids is 3. The summed E-state index contributed by atoms with van der Waals surface area (Å²) in [4.78, 5) is 45.6. The minimum Gasteiger partial charge on any atom is -0.324 e. The quantitative estimate of drug-likeness (QED) is 0.673. The first-order valence-corrected chi connectivity index (χ1v) is 6.78. The molecule has 0 saturated carbocycles. The number of nitrogens with zero attached hydrogens (tertiary/aromatic N) is 3. The summed E-state index contributed by atoms with van der Waals surface area (Å²) < 4.78 is 1.72. The number of hydroxylamine groups is 2. The first kappa shape index (κ1) is 13.2. The first-order valence-electron chi connectivity index (χ1n) is 6.78. The Labute approximate surface area is 129 Å². The number of imidazole rings is 1. The van der Waals surface area contributed by atoms with E-state index in [1.165, 1.54) is 24.3 Å². The molecule has 1 aliphatic heterocycles. The largest absolute Gasteiger partial charge is 0.364 e. The van der Waals surface area contributed by atoms with E-state index in [2.05, 4.69) is 4.98 Å². The van der Waals surface area contributed by atoms with E-state index in [0.717, 1.165) is 0 Å². The number of aromatic nitrogens is 2. The van der Waals surface area contributed by atoms with Crippen LogP contribution in [0.3, 0.4) is 0 Å². The average Bonchev–Trinajstić information content (AvgIpc) is 3.13. The van der Waals surface area contributed by atoms with Gasteiger partial charge in [-0.1, -0.05) is 17.2 Å². The number of carbonyl (C=O) groups is 3. The van der Waals surface area contributed by atoms with Crippen LogP contribution in [-0.4, -0.2) is 32.2 Å². The number of imide groups is 1. The Balaban J connectivity index is 1.62. The topological polar surface area (TPSA) is 81.0 Å². The molecule has 1 aliphatic rings. The van der Waals surface area contributed by atoms with Crippen LogP contribution in [0.15, 0.2) is 55.0 Å². The predicted molar refractivity (Wildman–Crippen MR) is 77.5 cm³/mol. The first-order chi connectivity index (χ1) is 11.1. The van der Waals surface area contributed by atoms with Crippen LogP contribution in [0.4, 0.5) is 0 Å². The third-order valence-corrected chi connectivity index (χ3v) is 3.56. The van der Waals surface area contributed by atoms with Gasteiger partial charge in [0.05, 0.1) is 16.7 Å². The lowest BCUT2D eigenvalue weighted by Crippen LogP contribution is -2.32. The van der Waals surface area contributed by atoms with Crippen molar-refractivity contribution in [2.75, 3.05) is 0 Å². The summed E-state index contributed by atoms with van der Waals surface area (Å²) in [7, 11) is 0. The Morgan fingerprint density at radius 3 is 2.39 bits per heavy atom. The summed E-state index contributed by atoms with van der Waals surface area (Å²) in [6, 6.07) is 9.35. The lowest BCUT2D eigenvalue weighted by atomic mass is 10.1. The molecule has 0 spiro atoms. The van der Waals surface area contributed by atoms with Crippen LogP contribution >= 0.6 is 0 Å². The molecule has 3 aromatic rings. The molecule has 3 heterocycles. The van der Waals surface area contributed by atoms with Crippen LogP contribution in [0.2, 0.25) is 0 Å². The van der Waals surface area contributed by atoms with Gasteiger partial charge in [0.1, 0.15) is 5.65 Å². The summed E-state index contributed by atoms with van der Waals surface area (Å²) in [6.07, 6.45) is 4.96. The van der Waals surface area contributed by atoms with Crippen molar-refractivity contribution in [1.82, 2.24) is 14.4 Å². The monoisotopic (exact) mass is 307 g/mol. The smallest absolute Gasteiger partial charge is 0.324 e. The van der Waals surface area contributed by atoms with Gasteiger partial charge in [-0.3, -0.25) is 9.59 Å². The maximum absolute atomic E-state index is 12.2. The van der Waals surface area contributed by atoms with Crippen LogP contribution in [-0.2, 0) is 4.84 Å². The maximum Gasteiger partial charge on any atom is 0.364 e. The van der Waals surface area contributed by atoms with Gasteiger partial charge in [-0.15, -0.1) is 0 Å². The molecule has 1 aromatic carbocycles. The van der Waals surface area contributed by atoms with Gasteiger partial charge in [0, 0.05) is 18.6 Å². The molecule has 0 saturated heterocycles. The fraction of sp³-hybridized carbons (Fsp3) is 0. The molecule has 0 bridgehead atoms. The highest BCUT2D eigenvalue weighted by Crippen LogP contribution is 2.23. The summed E-state index contributed by atoms with van der Waals surface area (Å²) in [6.45, 7) is 0. The third-order valence-electron chi connectivity index (χ3n) is 3.56. The molecule has 0 atom stereocenters. The fourth-order valence-corrected chi connectivity index (χ4v) is 2.42. The van der Waals surface area contributed by atoms with Gasteiger partial charge in [0.15, 0.2) is 0 Å². The van der Waals surface area contributed by atoms with Gasteiger partial charge < -0.3 is 9.24 Å². The molecule has 7 nitrogen and oxygen atoms in total. The van der Waals surface area contributed by atoms with E-state index in [1.54, 1.807) is 35.1 Å². The van der Waals surface area contributed by atoms with Crippen LogP contribution in [0.1, 0.15) is 31.1 Å². The van der Waals surface area contributed by atoms with Gasteiger partial charge in [-0.25, -0.2) is 9.78 Å². The Bertz CT molecular complexity index is 941. The Morgan fingerprint density at radius 1 is 1.00 bits per heavy atom. The summed E-state index contributed by atoms with van der Waals surface area (Å²) >= 11 is 0. The second-order valence-corrected chi connectivity index (χ2v) is 4.94. The molecule has 0 aliphatic carbocycles.